The second kappa shape index (κ2) is 12.9. The first kappa shape index (κ1) is 28.3. The molecule has 5 rings (SSSR count). The van der Waals surface area contributed by atoms with Crippen LogP contribution in [0.25, 0.3) is 6.08 Å². The van der Waals surface area contributed by atoms with Crippen LogP contribution in [0, 0.1) is 6.92 Å². The van der Waals surface area contributed by atoms with Gasteiger partial charge in [0.2, 0.25) is 0 Å². The number of amides is 2. The zero-order valence-electron chi connectivity index (χ0n) is 24.0. The number of benzene rings is 3. The highest BCUT2D eigenvalue weighted by molar-refractivity contribution is 5.97. The smallest absolute Gasteiger partial charge is 0.289 e. The Hall–Kier alpha value is -4.26. The summed E-state index contributed by atoms with van der Waals surface area (Å²) >= 11 is 0. The molecule has 214 valence electrons. The summed E-state index contributed by atoms with van der Waals surface area (Å²) in [5.74, 6) is 1.48. The number of ether oxygens (including phenoxy) is 3. The van der Waals surface area contributed by atoms with Crippen molar-refractivity contribution in [1.82, 2.24) is 10.2 Å². The van der Waals surface area contributed by atoms with Crippen LogP contribution in [0.15, 0.2) is 72.5 Å². The standard InChI is InChI=1S/C34H38N2O5/c1-23-7-6-8-26(19-23)22-36-28-9-4-5-10-29(28)41-32(34(36)38)21-24-11-14-27(15-12-24)33(37)35-18-17-25-13-16-30(39-2)31(20-25)40-3/h6-8,11-16,19-21,28-29H,4-5,9-10,17-18,22H2,1-3H3,(H,35,37)/b32-21+. The van der Waals surface area contributed by atoms with E-state index in [1.54, 1.807) is 32.4 Å². The molecule has 1 aliphatic carbocycles. The van der Waals surface area contributed by atoms with Gasteiger partial charge < -0.3 is 24.4 Å². The van der Waals surface area contributed by atoms with E-state index < -0.39 is 0 Å². The van der Waals surface area contributed by atoms with Crippen molar-refractivity contribution in [2.45, 2.75) is 57.7 Å². The van der Waals surface area contributed by atoms with Crippen LogP contribution in [0.5, 0.6) is 11.5 Å². The monoisotopic (exact) mass is 554 g/mol. The molecular formula is C34H38N2O5. The van der Waals surface area contributed by atoms with Crippen LogP contribution in [0.1, 0.15) is 58.3 Å². The Kier molecular flexibility index (Phi) is 8.92. The van der Waals surface area contributed by atoms with E-state index in [2.05, 4.69) is 30.4 Å². The number of carbonyl (C=O) groups excluding carboxylic acids is 2. The molecular weight excluding hydrogens is 516 g/mol. The van der Waals surface area contributed by atoms with E-state index in [1.165, 1.54) is 5.56 Å². The number of carbonyl (C=O) groups is 2. The van der Waals surface area contributed by atoms with E-state index in [-0.39, 0.29) is 24.0 Å². The fourth-order valence-corrected chi connectivity index (χ4v) is 5.71. The Morgan fingerprint density at radius 3 is 2.51 bits per heavy atom. The summed E-state index contributed by atoms with van der Waals surface area (Å²) in [6.07, 6.45) is 6.60. The number of aryl methyl sites for hydroxylation is 1. The molecule has 2 aliphatic rings. The lowest BCUT2D eigenvalue weighted by molar-refractivity contribution is -0.149. The molecule has 7 nitrogen and oxygen atoms in total. The molecule has 2 fully saturated rings. The predicted octanol–water partition coefficient (Wildman–Crippen LogP) is 5.70. The van der Waals surface area contributed by atoms with Gasteiger partial charge in [-0.3, -0.25) is 9.59 Å². The molecule has 3 aromatic rings. The number of fused-ring (bicyclic) bond motifs is 1. The van der Waals surface area contributed by atoms with Gasteiger partial charge in [-0.2, -0.15) is 0 Å². The second-order valence-corrected chi connectivity index (χ2v) is 10.8. The number of methoxy groups -OCH3 is 2. The number of nitrogens with one attached hydrogen (secondary N) is 1. The minimum atomic E-state index is -0.149. The molecule has 2 unspecified atom stereocenters. The van der Waals surface area contributed by atoms with Crippen LogP contribution >= 0.6 is 0 Å². The quantitative estimate of drug-likeness (QED) is 0.344. The summed E-state index contributed by atoms with van der Waals surface area (Å²) in [6, 6.07) is 21.4. The minimum absolute atomic E-state index is 0.00762. The summed E-state index contributed by atoms with van der Waals surface area (Å²) in [5.41, 5.74) is 4.73. The normalized spacial score (nSPS) is 19.3. The highest BCUT2D eigenvalue weighted by Gasteiger charge is 2.41. The molecule has 1 saturated carbocycles. The van der Waals surface area contributed by atoms with Crippen LogP contribution in [0.2, 0.25) is 0 Å². The Morgan fingerprint density at radius 2 is 1.76 bits per heavy atom. The number of hydrogen-bond donors (Lipinski definition) is 1. The van der Waals surface area contributed by atoms with Crippen molar-refractivity contribution < 1.29 is 23.8 Å². The van der Waals surface area contributed by atoms with Gasteiger partial charge in [-0.1, -0.05) is 54.4 Å². The summed E-state index contributed by atoms with van der Waals surface area (Å²) < 4.78 is 16.9. The highest BCUT2D eigenvalue weighted by Crippen LogP contribution is 2.34. The van der Waals surface area contributed by atoms with E-state index in [1.807, 2.05) is 41.3 Å². The van der Waals surface area contributed by atoms with Gasteiger partial charge >= 0.3 is 0 Å². The van der Waals surface area contributed by atoms with Gasteiger partial charge in [0.1, 0.15) is 6.10 Å². The molecule has 1 saturated heterocycles. The van der Waals surface area contributed by atoms with Gasteiger partial charge in [-0.15, -0.1) is 0 Å². The first-order chi connectivity index (χ1) is 19.9. The molecule has 41 heavy (non-hydrogen) atoms. The Labute approximate surface area is 242 Å². The number of hydrogen-bond acceptors (Lipinski definition) is 5. The molecule has 0 radical (unpaired) electrons. The summed E-state index contributed by atoms with van der Waals surface area (Å²) in [4.78, 5) is 28.4. The Bertz CT molecular complexity index is 1410. The SMILES string of the molecule is COc1ccc(CCNC(=O)c2ccc(/C=C3/OC4CCCCC4N(Cc4cccc(C)c4)C3=O)cc2)cc1OC. The first-order valence-corrected chi connectivity index (χ1v) is 14.3. The maximum Gasteiger partial charge on any atom is 0.289 e. The molecule has 1 N–H and O–H groups in total. The maximum absolute atomic E-state index is 13.6. The fourth-order valence-electron chi connectivity index (χ4n) is 5.71. The molecule has 1 aliphatic heterocycles. The van der Waals surface area contributed by atoms with E-state index in [0.717, 1.165) is 42.4 Å². The second-order valence-electron chi connectivity index (χ2n) is 10.8. The third-order valence-corrected chi connectivity index (χ3v) is 7.87. The highest BCUT2D eigenvalue weighted by atomic mass is 16.5. The van der Waals surface area contributed by atoms with Gasteiger partial charge in [-0.05, 0) is 79.6 Å². The van der Waals surface area contributed by atoms with Crippen LogP contribution in [-0.2, 0) is 22.5 Å². The number of rotatable bonds is 9. The third-order valence-electron chi connectivity index (χ3n) is 7.87. The van der Waals surface area contributed by atoms with E-state index >= 15 is 0 Å². The van der Waals surface area contributed by atoms with Crippen LogP contribution in [0.3, 0.4) is 0 Å². The van der Waals surface area contributed by atoms with Gasteiger partial charge in [0.25, 0.3) is 11.8 Å². The zero-order chi connectivity index (χ0) is 28.8. The largest absolute Gasteiger partial charge is 0.493 e. The predicted molar refractivity (Wildman–Crippen MR) is 159 cm³/mol. The molecule has 2 atom stereocenters. The van der Waals surface area contributed by atoms with Crippen molar-refractivity contribution in [2.75, 3.05) is 20.8 Å². The van der Waals surface area contributed by atoms with Gasteiger partial charge in [0.05, 0.1) is 20.3 Å². The van der Waals surface area contributed by atoms with E-state index in [0.29, 0.717) is 42.3 Å². The van der Waals surface area contributed by atoms with Gasteiger partial charge in [-0.25, -0.2) is 0 Å². The molecule has 0 aromatic heterocycles. The van der Waals surface area contributed by atoms with Crippen molar-refractivity contribution >= 4 is 17.9 Å². The number of morpholine rings is 1. The number of nitrogens with zero attached hydrogens (tertiary/aromatic N) is 1. The van der Waals surface area contributed by atoms with Crippen LogP contribution < -0.4 is 14.8 Å². The molecule has 1 heterocycles. The van der Waals surface area contributed by atoms with Crippen LogP contribution in [0.4, 0.5) is 0 Å². The molecule has 7 heteroatoms. The van der Waals surface area contributed by atoms with Crippen molar-refractivity contribution in [3.05, 3.63) is 100 Å². The van der Waals surface area contributed by atoms with Crippen molar-refractivity contribution in [3.63, 3.8) is 0 Å². The van der Waals surface area contributed by atoms with Crippen molar-refractivity contribution in [1.29, 1.82) is 0 Å². The van der Waals surface area contributed by atoms with Crippen molar-refractivity contribution in [3.8, 4) is 11.5 Å². The third kappa shape index (κ3) is 6.73. The lowest BCUT2D eigenvalue weighted by Crippen LogP contribution is -2.54. The Balaban J connectivity index is 1.23. The molecule has 2 amide bonds. The summed E-state index contributed by atoms with van der Waals surface area (Å²) in [6.45, 7) is 3.13. The van der Waals surface area contributed by atoms with Gasteiger partial charge in [0, 0.05) is 18.7 Å². The molecule has 3 aromatic carbocycles. The molecule has 0 bridgehead atoms. The first-order valence-electron chi connectivity index (χ1n) is 14.3. The van der Waals surface area contributed by atoms with Crippen LogP contribution in [-0.4, -0.2) is 49.6 Å². The average molecular weight is 555 g/mol. The maximum atomic E-state index is 13.6. The lowest BCUT2D eigenvalue weighted by atomic mass is 9.89. The topological polar surface area (TPSA) is 77.1 Å². The minimum Gasteiger partial charge on any atom is -0.493 e. The summed E-state index contributed by atoms with van der Waals surface area (Å²) in [5, 5.41) is 2.97. The van der Waals surface area contributed by atoms with E-state index in [9.17, 15) is 9.59 Å². The molecule has 0 spiro atoms. The van der Waals surface area contributed by atoms with E-state index in [4.69, 9.17) is 14.2 Å². The lowest BCUT2D eigenvalue weighted by Gasteiger charge is -2.44. The fraction of sp³-hybridized carbons (Fsp3) is 0.353. The van der Waals surface area contributed by atoms with Crippen molar-refractivity contribution in [2.24, 2.45) is 0 Å². The van der Waals surface area contributed by atoms with Gasteiger partial charge in [0.15, 0.2) is 17.3 Å². The zero-order valence-corrected chi connectivity index (χ0v) is 24.0. The Morgan fingerprint density at radius 1 is 0.976 bits per heavy atom. The summed E-state index contributed by atoms with van der Waals surface area (Å²) in [7, 11) is 3.21. The average Bonchev–Trinajstić information content (AvgIpc) is 2.99.